The summed E-state index contributed by atoms with van der Waals surface area (Å²) in [5.74, 6) is 0.178. The van der Waals surface area contributed by atoms with Gasteiger partial charge >= 0.3 is 0 Å². The molecule has 0 aliphatic rings. The number of aliphatic hydroxyl groups excluding tert-OH is 2. The Labute approximate surface area is 186 Å². The zero-order valence-corrected chi connectivity index (χ0v) is 17.9. The first-order valence-electron chi connectivity index (χ1n) is 10.6. The van der Waals surface area contributed by atoms with Crippen molar-refractivity contribution in [3.05, 3.63) is 99.3 Å². The summed E-state index contributed by atoms with van der Waals surface area (Å²) in [5, 5.41) is 43.6. The molecule has 0 aromatic heterocycles. The first-order valence-corrected chi connectivity index (χ1v) is 10.6. The average Bonchev–Trinajstić information content (AvgIpc) is 2.79. The van der Waals surface area contributed by atoms with Gasteiger partial charge in [-0.15, -0.1) is 5.73 Å². The molecular weight excluding hydrogens is 406 g/mol. The molecule has 32 heavy (non-hydrogen) atoms. The van der Waals surface area contributed by atoms with E-state index in [0.29, 0.717) is 23.8 Å². The molecule has 0 aliphatic carbocycles. The minimum Gasteiger partial charge on any atom is -0.507 e. The third-order valence-electron chi connectivity index (χ3n) is 5.42. The van der Waals surface area contributed by atoms with E-state index in [4.69, 9.17) is 0 Å². The predicted molar refractivity (Wildman–Crippen MR) is 124 cm³/mol. The largest absolute Gasteiger partial charge is 0.507 e. The maximum atomic E-state index is 10.8. The van der Waals surface area contributed by atoms with Gasteiger partial charge in [0.1, 0.15) is 5.75 Å². The summed E-state index contributed by atoms with van der Waals surface area (Å²) in [6, 6.07) is 16.6. The SMILES string of the molecule is CCCC(=C=CC[C@@H](O)c1ccc(O)c2ccccc12)C[C@@H](O)c1ccc([N+](=O)[O-])cc1. The van der Waals surface area contributed by atoms with Crippen LogP contribution in [0.5, 0.6) is 5.75 Å². The fourth-order valence-electron chi connectivity index (χ4n) is 3.74. The summed E-state index contributed by atoms with van der Waals surface area (Å²) >= 11 is 0. The molecule has 3 rings (SSSR count). The highest BCUT2D eigenvalue weighted by Crippen LogP contribution is 2.32. The van der Waals surface area contributed by atoms with Crippen molar-refractivity contribution in [2.24, 2.45) is 0 Å². The van der Waals surface area contributed by atoms with Gasteiger partial charge < -0.3 is 15.3 Å². The number of nitro benzene ring substituents is 1. The molecule has 0 heterocycles. The van der Waals surface area contributed by atoms with Crippen LogP contribution < -0.4 is 0 Å². The number of nitro groups is 1. The molecule has 6 nitrogen and oxygen atoms in total. The van der Waals surface area contributed by atoms with Crippen molar-refractivity contribution >= 4 is 16.5 Å². The topological polar surface area (TPSA) is 104 Å². The van der Waals surface area contributed by atoms with Crippen LogP contribution in [0.4, 0.5) is 5.69 Å². The zero-order valence-electron chi connectivity index (χ0n) is 17.9. The molecule has 6 heteroatoms. The van der Waals surface area contributed by atoms with Gasteiger partial charge in [-0.3, -0.25) is 10.1 Å². The number of hydrogen-bond acceptors (Lipinski definition) is 5. The van der Waals surface area contributed by atoms with E-state index in [1.807, 2.05) is 31.2 Å². The highest BCUT2D eigenvalue weighted by Gasteiger charge is 2.14. The van der Waals surface area contributed by atoms with Crippen LogP contribution in [0.3, 0.4) is 0 Å². The van der Waals surface area contributed by atoms with E-state index in [-0.39, 0.29) is 11.4 Å². The number of aliphatic hydroxyl groups is 2. The van der Waals surface area contributed by atoms with Crippen molar-refractivity contribution in [1.29, 1.82) is 0 Å². The summed E-state index contributed by atoms with van der Waals surface area (Å²) in [6.07, 6.45) is 2.57. The van der Waals surface area contributed by atoms with Gasteiger partial charge in [0.15, 0.2) is 0 Å². The predicted octanol–water partition coefficient (Wildman–Crippen LogP) is 5.88. The van der Waals surface area contributed by atoms with E-state index < -0.39 is 17.1 Å². The Balaban J connectivity index is 1.74. The Morgan fingerprint density at radius 1 is 1.03 bits per heavy atom. The summed E-state index contributed by atoms with van der Waals surface area (Å²) in [5.41, 5.74) is 5.48. The number of fused-ring (bicyclic) bond motifs is 1. The standard InChI is InChI=1S/C26H27NO5/c1-2-6-18(17-26(30)19-11-13-20(14-12-19)27(31)32)7-5-10-24(28)23-15-16-25(29)22-9-4-3-8-21(22)23/h3-5,8-9,11-16,24,26,28-30H,2,6,10,17H2,1H3/t7?,24-,26-/m1/s1. The third-order valence-corrected chi connectivity index (χ3v) is 5.42. The number of rotatable bonds is 9. The molecule has 166 valence electrons. The van der Waals surface area contributed by atoms with Crippen LogP contribution in [0, 0.1) is 10.1 Å². The van der Waals surface area contributed by atoms with E-state index in [1.54, 1.807) is 30.3 Å². The van der Waals surface area contributed by atoms with Crippen LogP contribution >= 0.6 is 0 Å². The van der Waals surface area contributed by atoms with Crippen molar-refractivity contribution in [3.63, 3.8) is 0 Å². The first-order chi connectivity index (χ1) is 15.4. The fraction of sp³-hybridized carbons (Fsp3) is 0.269. The third kappa shape index (κ3) is 5.62. The van der Waals surface area contributed by atoms with Gasteiger partial charge in [-0.25, -0.2) is 0 Å². The second kappa shape index (κ2) is 10.7. The van der Waals surface area contributed by atoms with Crippen molar-refractivity contribution in [1.82, 2.24) is 0 Å². The molecule has 0 saturated carbocycles. The minimum atomic E-state index is -0.788. The van der Waals surface area contributed by atoms with Crippen LogP contribution in [0.1, 0.15) is 55.9 Å². The summed E-state index contributed by atoms with van der Waals surface area (Å²) in [7, 11) is 0. The Bertz CT molecular complexity index is 1150. The average molecular weight is 434 g/mol. The summed E-state index contributed by atoms with van der Waals surface area (Å²) in [6.45, 7) is 2.04. The highest BCUT2D eigenvalue weighted by atomic mass is 16.6. The molecular formula is C26H27NO5. The van der Waals surface area contributed by atoms with Gasteiger partial charge in [-0.2, -0.15) is 0 Å². The fourth-order valence-corrected chi connectivity index (χ4v) is 3.74. The number of non-ortho nitro benzene ring substituents is 1. The van der Waals surface area contributed by atoms with Crippen LogP contribution in [-0.2, 0) is 0 Å². The van der Waals surface area contributed by atoms with Gasteiger partial charge in [0.25, 0.3) is 5.69 Å². The lowest BCUT2D eigenvalue weighted by molar-refractivity contribution is -0.384. The molecule has 0 unspecified atom stereocenters. The molecule has 3 aromatic carbocycles. The monoisotopic (exact) mass is 433 g/mol. The van der Waals surface area contributed by atoms with E-state index in [2.05, 4.69) is 5.73 Å². The van der Waals surface area contributed by atoms with Crippen molar-refractivity contribution < 1.29 is 20.2 Å². The molecule has 0 aliphatic heterocycles. The highest BCUT2D eigenvalue weighted by molar-refractivity contribution is 5.91. The minimum absolute atomic E-state index is 0.0130. The van der Waals surface area contributed by atoms with Crippen molar-refractivity contribution in [3.8, 4) is 5.75 Å². The number of hydrogen-bond donors (Lipinski definition) is 3. The Kier molecular flexibility index (Phi) is 7.79. The maximum Gasteiger partial charge on any atom is 0.269 e. The number of phenols is 1. The molecule has 0 amide bonds. The Morgan fingerprint density at radius 2 is 1.72 bits per heavy atom. The molecule has 0 saturated heterocycles. The lowest BCUT2D eigenvalue weighted by Crippen LogP contribution is -2.00. The van der Waals surface area contributed by atoms with Crippen LogP contribution in [0.15, 0.2) is 78.0 Å². The van der Waals surface area contributed by atoms with Crippen molar-refractivity contribution in [2.75, 3.05) is 0 Å². The normalized spacial score (nSPS) is 12.7. The second-order valence-corrected chi connectivity index (χ2v) is 7.74. The van der Waals surface area contributed by atoms with Gasteiger partial charge in [0, 0.05) is 30.4 Å². The van der Waals surface area contributed by atoms with Gasteiger partial charge in [0.2, 0.25) is 0 Å². The zero-order chi connectivity index (χ0) is 23.1. The van der Waals surface area contributed by atoms with E-state index >= 15 is 0 Å². The second-order valence-electron chi connectivity index (χ2n) is 7.74. The lowest BCUT2D eigenvalue weighted by atomic mass is 9.97. The van der Waals surface area contributed by atoms with Crippen molar-refractivity contribution in [2.45, 2.75) is 44.8 Å². The molecule has 2 atom stereocenters. The van der Waals surface area contributed by atoms with E-state index in [0.717, 1.165) is 29.4 Å². The summed E-state index contributed by atoms with van der Waals surface area (Å²) < 4.78 is 0. The molecule has 0 fully saturated rings. The number of benzene rings is 3. The Hall–Kier alpha value is -3.44. The van der Waals surface area contributed by atoms with Gasteiger partial charge in [-0.05, 0) is 52.8 Å². The van der Waals surface area contributed by atoms with Gasteiger partial charge in [0.05, 0.1) is 17.1 Å². The number of nitrogens with zero attached hydrogens (tertiary/aromatic N) is 1. The quantitative estimate of drug-likeness (QED) is 0.222. The maximum absolute atomic E-state index is 10.8. The molecule has 0 radical (unpaired) electrons. The molecule has 0 spiro atoms. The van der Waals surface area contributed by atoms with Crippen LogP contribution in [0.25, 0.3) is 10.8 Å². The van der Waals surface area contributed by atoms with Gasteiger partial charge in [-0.1, -0.05) is 43.7 Å². The van der Waals surface area contributed by atoms with E-state index in [9.17, 15) is 25.4 Å². The van der Waals surface area contributed by atoms with E-state index in [1.165, 1.54) is 12.1 Å². The smallest absolute Gasteiger partial charge is 0.269 e. The van der Waals surface area contributed by atoms with Crippen LogP contribution in [-0.4, -0.2) is 20.2 Å². The molecule has 3 aromatic rings. The molecule has 0 bridgehead atoms. The Morgan fingerprint density at radius 3 is 2.38 bits per heavy atom. The number of aromatic hydroxyl groups is 1. The lowest BCUT2D eigenvalue weighted by Gasteiger charge is -2.13. The van der Waals surface area contributed by atoms with Crippen LogP contribution in [0.2, 0.25) is 0 Å². The first kappa shape index (κ1) is 23.2. The summed E-state index contributed by atoms with van der Waals surface area (Å²) in [4.78, 5) is 10.3. The molecule has 3 N–H and O–H groups in total. The number of phenolic OH excluding ortho intramolecular Hbond substituents is 1.